The highest BCUT2D eigenvalue weighted by Gasteiger charge is 2.22. The van der Waals surface area contributed by atoms with Crippen LogP contribution in [0.15, 0.2) is 16.7 Å². The Hall–Kier alpha value is -2.28. The molecule has 1 unspecified atom stereocenters. The molecule has 7 heteroatoms. The molecule has 0 aliphatic carbocycles. The number of methoxy groups -OCH3 is 3. The van der Waals surface area contributed by atoms with E-state index in [1.807, 2.05) is 6.92 Å². The predicted molar refractivity (Wildman–Crippen MR) is 76.9 cm³/mol. The molecule has 0 radical (unpaired) electrons. The van der Waals surface area contributed by atoms with Crippen molar-refractivity contribution in [2.24, 2.45) is 5.73 Å². The van der Waals surface area contributed by atoms with Gasteiger partial charge in [0.15, 0.2) is 17.3 Å². The average molecular weight is 293 g/mol. The van der Waals surface area contributed by atoms with Crippen molar-refractivity contribution in [3.63, 3.8) is 0 Å². The van der Waals surface area contributed by atoms with Gasteiger partial charge in [0.2, 0.25) is 5.75 Å². The van der Waals surface area contributed by atoms with Crippen molar-refractivity contribution in [2.45, 2.75) is 12.8 Å². The van der Waals surface area contributed by atoms with E-state index in [1.54, 1.807) is 33.5 Å². The summed E-state index contributed by atoms with van der Waals surface area (Å²) in [5, 5.41) is 3.94. The fourth-order valence-electron chi connectivity index (χ4n) is 1.92. The standard InChI is InChI=1S/C14H19N3O4/c1-8(7-15)13-16-14(21-17-13)9-5-6-10(18-2)12(20-4)11(9)19-3/h5-6,8H,7,15H2,1-4H3. The van der Waals surface area contributed by atoms with Crippen LogP contribution in [0.2, 0.25) is 0 Å². The lowest BCUT2D eigenvalue weighted by Crippen LogP contribution is -2.10. The van der Waals surface area contributed by atoms with Crippen molar-refractivity contribution in [3.8, 4) is 28.7 Å². The summed E-state index contributed by atoms with van der Waals surface area (Å²) >= 11 is 0. The average Bonchev–Trinajstić information content (AvgIpc) is 3.02. The molecule has 0 aliphatic heterocycles. The number of rotatable bonds is 6. The summed E-state index contributed by atoms with van der Waals surface area (Å²) < 4.78 is 21.3. The first-order valence-electron chi connectivity index (χ1n) is 6.49. The number of ether oxygens (including phenoxy) is 3. The van der Waals surface area contributed by atoms with Crippen LogP contribution < -0.4 is 19.9 Å². The summed E-state index contributed by atoms with van der Waals surface area (Å²) in [7, 11) is 4.64. The molecule has 0 spiro atoms. The number of nitrogens with two attached hydrogens (primary N) is 1. The Morgan fingerprint density at radius 3 is 2.43 bits per heavy atom. The normalized spacial score (nSPS) is 12.0. The third-order valence-corrected chi connectivity index (χ3v) is 3.17. The lowest BCUT2D eigenvalue weighted by molar-refractivity contribution is 0.324. The van der Waals surface area contributed by atoms with E-state index in [0.29, 0.717) is 41.1 Å². The number of aromatic nitrogens is 2. The fourth-order valence-corrected chi connectivity index (χ4v) is 1.92. The Morgan fingerprint density at radius 2 is 1.86 bits per heavy atom. The molecule has 1 aromatic heterocycles. The molecule has 21 heavy (non-hydrogen) atoms. The van der Waals surface area contributed by atoms with Crippen LogP contribution in [-0.4, -0.2) is 38.0 Å². The zero-order valence-corrected chi connectivity index (χ0v) is 12.5. The summed E-state index contributed by atoms with van der Waals surface area (Å²) in [6.45, 7) is 2.38. The van der Waals surface area contributed by atoms with E-state index in [2.05, 4.69) is 10.1 Å². The molecule has 1 aromatic carbocycles. The SMILES string of the molecule is COc1ccc(-c2nc(C(C)CN)no2)c(OC)c1OC. The maximum atomic E-state index is 5.61. The first-order chi connectivity index (χ1) is 10.2. The molecule has 0 saturated heterocycles. The fraction of sp³-hybridized carbons (Fsp3) is 0.429. The molecular formula is C14H19N3O4. The number of benzene rings is 1. The van der Waals surface area contributed by atoms with Crippen LogP contribution in [0.1, 0.15) is 18.7 Å². The summed E-state index contributed by atoms with van der Waals surface area (Å²) in [6.07, 6.45) is 0. The van der Waals surface area contributed by atoms with Crippen molar-refractivity contribution in [1.29, 1.82) is 0 Å². The zero-order valence-electron chi connectivity index (χ0n) is 12.5. The van der Waals surface area contributed by atoms with E-state index in [1.165, 1.54) is 0 Å². The molecule has 0 fully saturated rings. The lowest BCUT2D eigenvalue weighted by atomic mass is 10.1. The molecule has 114 valence electrons. The van der Waals surface area contributed by atoms with Gasteiger partial charge in [-0.15, -0.1) is 0 Å². The monoisotopic (exact) mass is 293 g/mol. The minimum Gasteiger partial charge on any atom is -0.493 e. The molecule has 2 N–H and O–H groups in total. The van der Waals surface area contributed by atoms with Gasteiger partial charge in [-0.2, -0.15) is 4.98 Å². The number of nitrogens with zero attached hydrogens (tertiary/aromatic N) is 2. The van der Waals surface area contributed by atoms with Gasteiger partial charge in [0, 0.05) is 12.5 Å². The van der Waals surface area contributed by atoms with E-state index in [0.717, 1.165) is 0 Å². The lowest BCUT2D eigenvalue weighted by Gasteiger charge is -2.13. The highest BCUT2D eigenvalue weighted by Crippen LogP contribution is 2.43. The molecule has 2 rings (SSSR count). The molecule has 0 aliphatic rings. The molecular weight excluding hydrogens is 274 g/mol. The molecule has 2 aromatic rings. The van der Waals surface area contributed by atoms with Gasteiger partial charge in [-0.1, -0.05) is 12.1 Å². The summed E-state index contributed by atoms with van der Waals surface area (Å²) in [6, 6.07) is 3.54. The van der Waals surface area contributed by atoms with Gasteiger partial charge in [0.1, 0.15) is 0 Å². The van der Waals surface area contributed by atoms with Crippen LogP contribution in [-0.2, 0) is 0 Å². The molecule has 0 bridgehead atoms. The van der Waals surface area contributed by atoms with Gasteiger partial charge in [0.25, 0.3) is 5.89 Å². The highest BCUT2D eigenvalue weighted by atomic mass is 16.5. The Bertz CT molecular complexity index is 612. The van der Waals surface area contributed by atoms with Gasteiger partial charge in [0.05, 0.1) is 26.9 Å². The number of hydrogen-bond acceptors (Lipinski definition) is 7. The van der Waals surface area contributed by atoms with Gasteiger partial charge in [-0.3, -0.25) is 0 Å². The van der Waals surface area contributed by atoms with Crippen LogP contribution >= 0.6 is 0 Å². The smallest absolute Gasteiger partial charge is 0.261 e. The van der Waals surface area contributed by atoms with Gasteiger partial charge in [-0.05, 0) is 12.1 Å². The Kier molecular flexibility index (Phi) is 4.64. The molecule has 1 atom stereocenters. The van der Waals surface area contributed by atoms with Crippen molar-refractivity contribution in [3.05, 3.63) is 18.0 Å². The molecule has 0 saturated carbocycles. The second kappa shape index (κ2) is 6.45. The van der Waals surface area contributed by atoms with Gasteiger partial charge in [-0.25, -0.2) is 0 Å². The second-order valence-electron chi connectivity index (χ2n) is 4.48. The summed E-state index contributed by atoms with van der Waals surface area (Å²) in [5.74, 6) is 2.45. The second-order valence-corrected chi connectivity index (χ2v) is 4.48. The van der Waals surface area contributed by atoms with Crippen LogP contribution in [0.5, 0.6) is 17.2 Å². The van der Waals surface area contributed by atoms with Crippen molar-refractivity contribution >= 4 is 0 Å². The minimum atomic E-state index is 0.0219. The van der Waals surface area contributed by atoms with Crippen LogP contribution in [0.3, 0.4) is 0 Å². The Labute approximate surface area is 123 Å². The van der Waals surface area contributed by atoms with Crippen molar-refractivity contribution in [1.82, 2.24) is 10.1 Å². The van der Waals surface area contributed by atoms with Crippen LogP contribution in [0, 0.1) is 0 Å². The van der Waals surface area contributed by atoms with E-state index < -0.39 is 0 Å². The van der Waals surface area contributed by atoms with E-state index >= 15 is 0 Å². The van der Waals surface area contributed by atoms with E-state index in [4.69, 9.17) is 24.5 Å². The predicted octanol–water partition coefficient (Wildman–Crippen LogP) is 1.82. The third kappa shape index (κ3) is 2.78. The van der Waals surface area contributed by atoms with Crippen LogP contribution in [0.25, 0.3) is 11.5 Å². The van der Waals surface area contributed by atoms with Crippen molar-refractivity contribution in [2.75, 3.05) is 27.9 Å². The van der Waals surface area contributed by atoms with Gasteiger partial charge >= 0.3 is 0 Å². The topological polar surface area (TPSA) is 92.6 Å². The maximum Gasteiger partial charge on any atom is 0.261 e. The first kappa shape index (κ1) is 15.1. The quantitative estimate of drug-likeness (QED) is 0.868. The Balaban J connectivity index is 2.51. The first-order valence-corrected chi connectivity index (χ1v) is 6.49. The molecule has 0 amide bonds. The third-order valence-electron chi connectivity index (χ3n) is 3.17. The Morgan fingerprint density at radius 1 is 1.14 bits per heavy atom. The largest absolute Gasteiger partial charge is 0.493 e. The molecule has 7 nitrogen and oxygen atoms in total. The van der Waals surface area contributed by atoms with Crippen molar-refractivity contribution < 1.29 is 18.7 Å². The summed E-state index contributed by atoms with van der Waals surface area (Å²) in [4.78, 5) is 4.36. The molecule has 1 heterocycles. The van der Waals surface area contributed by atoms with E-state index in [9.17, 15) is 0 Å². The number of hydrogen-bond donors (Lipinski definition) is 1. The van der Waals surface area contributed by atoms with E-state index in [-0.39, 0.29) is 5.92 Å². The minimum absolute atomic E-state index is 0.0219. The zero-order chi connectivity index (χ0) is 15.4. The van der Waals surface area contributed by atoms with Gasteiger partial charge < -0.3 is 24.5 Å². The highest BCUT2D eigenvalue weighted by molar-refractivity contribution is 5.71. The summed E-state index contributed by atoms with van der Waals surface area (Å²) in [5.41, 5.74) is 6.25. The van der Waals surface area contributed by atoms with Crippen LogP contribution in [0.4, 0.5) is 0 Å². The maximum absolute atomic E-state index is 5.61.